The Morgan fingerprint density at radius 1 is 1.43 bits per heavy atom. The molecule has 1 saturated heterocycles. The number of pyridine rings is 1. The van der Waals surface area contributed by atoms with Gasteiger partial charge < -0.3 is 19.9 Å². The number of rotatable bonds is 5. The summed E-state index contributed by atoms with van der Waals surface area (Å²) in [6.07, 6.45) is 7.39. The Morgan fingerprint density at radius 2 is 2.33 bits per heavy atom. The van der Waals surface area contributed by atoms with E-state index in [1.165, 1.54) is 25.7 Å². The number of hydrogen-bond acceptors (Lipinski definition) is 5. The third-order valence-corrected chi connectivity index (χ3v) is 5.44. The molecule has 4 rings (SSSR count). The number of ether oxygens (including phenoxy) is 2. The van der Waals surface area contributed by atoms with Crippen LogP contribution >= 0.6 is 0 Å². The van der Waals surface area contributed by atoms with E-state index in [9.17, 15) is 0 Å². The molecule has 114 valence electrons. The van der Waals surface area contributed by atoms with Gasteiger partial charge in [-0.2, -0.15) is 0 Å². The van der Waals surface area contributed by atoms with Crippen LogP contribution in [0, 0.1) is 11.3 Å². The number of hydrogen-bond donors (Lipinski definition) is 2. The van der Waals surface area contributed by atoms with Crippen molar-refractivity contribution in [2.24, 2.45) is 11.3 Å². The summed E-state index contributed by atoms with van der Waals surface area (Å²) in [6, 6.07) is 4.40. The topological polar surface area (TPSA) is 63.6 Å². The van der Waals surface area contributed by atoms with Crippen molar-refractivity contribution >= 4 is 5.69 Å². The van der Waals surface area contributed by atoms with E-state index in [0.717, 1.165) is 12.3 Å². The molecular weight excluding hydrogens is 268 g/mol. The lowest BCUT2D eigenvalue weighted by Gasteiger charge is -2.63. The first kappa shape index (κ1) is 13.3. The van der Waals surface area contributed by atoms with Gasteiger partial charge in [0.15, 0.2) is 0 Å². The Kier molecular flexibility index (Phi) is 3.27. The predicted octanol–water partition coefficient (Wildman–Crippen LogP) is 1.82. The second-order valence-corrected chi connectivity index (χ2v) is 6.41. The SMILES string of the molecule is OCCOc1ccc(NC2C3CCOC3C23CCC3)cn1. The van der Waals surface area contributed by atoms with Crippen LogP contribution in [0.2, 0.25) is 0 Å². The summed E-state index contributed by atoms with van der Waals surface area (Å²) < 4.78 is 11.2. The molecule has 5 nitrogen and oxygen atoms in total. The van der Waals surface area contributed by atoms with E-state index < -0.39 is 0 Å². The third kappa shape index (κ3) is 2.02. The maximum absolute atomic E-state index is 8.74. The average molecular weight is 290 g/mol. The van der Waals surface area contributed by atoms with Gasteiger partial charge in [-0.1, -0.05) is 6.42 Å². The van der Waals surface area contributed by atoms with E-state index in [1.54, 1.807) is 0 Å². The van der Waals surface area contributed by atoms with Crippen LogP contribution in [-0.4, -0.2) is 42.1 Å². The maximum Gasteiger partial charge on any atom is 0.213 e. The molecule has 1 aromatic rings. The molecule has 5 heteroatoms. The average Bonchev–Trinajstić information content (AvgIpc) is 2.87. The fourth-order valence-electron chi connectivity index (χ4n) is 4.34. The first-order valence-corrected chi connectivity index (χ1v) is 7.91. The molecule has 0 amide bonds. The minimum Gasteiger partial charge on any atom is -0.475 e. The Labute approximate surface area is 124 Å². The van der Waals surface area contributed by atoms with Crippen molar-refractivity contribution in [3.8, 4) is 5.88 Å². The zero-order chi connectivity index (χ0) is 14.3. The number of anilines is 1. The number of fused-ring (bicyclic) bond motifs is 2. The van der Waals surface area contributed by atoms with Gasteiger partial charge in [0.1, 0.15) is 6.61 Å². The van der Waals surface area contributed by atoms with Crippen molar-refractivity contribution in [2.75, 3.05) is 25.1 Å². The number of nitrogens with one attached hydrogen (secondary N) is 1. The van der Waals surface area contributed by atoms with Gasteiger partial charge in [0, 0.05) is 30.0 Å². The molecule has 0 aromatic carbocycles. The van der Waals surface area contributed by atoms with E-state index in [-0.39, 0.29) is 13.2 Å². The molecule has 2 saturated carbocycles. The highest BCUT2D eigenvalue weighted by atomic mass is 16.5. The van der Waals surface area contributed by atoms with Gasteiger partial charge >= 0.3 is 0 Å². The molecule has 1 spiro atoms. The van der Waals surface area contributed by atoms with Crippen molar-refractivity contribution < 1.29 is 14.6 Å². The summed E-state index contributed by atoms with van der Waals surface area (Å²) in [6.45, 7) is 1.21. The molecule has 1 aromatic heterocycles. The molecule has 0 radical (unpaired) electrons. The Balaban J connectivity index is 1.43. The number of aliphatic hydroxyl groups is 1. The van der Waals surface area contributed by atoms with E-state index in [4.69, 9.17) is 14.6 Å². The van der Waals surface area contributed by atoms with Crippen LogP contribution in [0.5, 0.6) is 5.88 Å². The van der Waals surface area contributed by atoms with Crippen LogP contribution in [0.15, 0.2) is 18.3 Å². The molecular formula is C16H22N2O3. The minimum atomic E-state index is 0.00927. The fourth-order valence-corrected chi connectivity index (χ4v) is 4.34. The van der Waals surface area contributed by atoms with Crippen LogP contribution in [0.1, 0.15) is 25.7 Å². The molecule has 2 N–H and O–H groups in total. The number of aliphatic hydroxyl groups excluding tert-OH is 1. The van der Waals surface area contributed by atoms with Crippen molar-refractivity contribution in [2.45, 2.75) is 37.8 Å². The van der Waals surface area contributed by atoms with Crippen molar-refractivity contribution in [3.63, 3.8) is 0 Å². The van der Waals surface area contributed by atoms with E-state index in [0.29, 0.717) is 29.4 Å². The number of nitrogens with zero attached hydrogens (tertiary/aromatic N) is 1. The first-order valence-electron chi connectivity index (χ1n) is 7.91. The fraction of sp³-hybridized carbons (Fsp3) is 0.688. The lowest BCUT2D eigenvalue weighted by molar-refractivity contribution is -0.158. The lowest BCUT2D eigenvalue weighted by atomic mass is 9.46. The Morgan fingerprint density at radius 3 is 3.00 bits per heavy atom. The summed E-state index contributed by atoms with van der Waals surface area (Å²) in [4.78, 5) is 4.28. The second-order valence-electron chi connectivity index (χ2n) is 6.41. The third-order valence-electron chi connectivity index (χ3n) is 5.44. The number of aromatic nitrogens is 1. The first-order chi connectivity index (χ1) is 10.3. The summed E-state index contributed by atoms with van der Waals surface area (Å²) >= 11 is 0. The van der Waals surface area contributed by atoms with Gasteiger partial charge in [-0.05, 0) is 25.3 Å². The van der Waals surface area contributed by atoms with Crippen LogP contribution in [0.25, 0.3) is 0 Å². The summed E-state index contributed by atoms with van der Waals surface area (Å²) in [5.74, 6) is 1.22. The largest absolute Gasteiger partial charge is 0.475 e. The van der Waals surface area contributed by atoms with E-state index in [2.05, 4.69) is 10.3 Å². The van der Waals surface area contributed by atoms with E-state index >= 15 is 0 Å². The van der Waals surface area contributed by atoms with Gasteiger partial charge in [0.05, 0.1) is 24.6 Å². The van der Waals surface area contributed by atoms with Gasteiger partial charge in [0.2, 0.25) is 5.88 Å². The maximum atomic E-state index is 8.74. The van der Waals surface area contributed by atoms with Crippen molar-refractivity contribution in [1.29, 1.82) is 0 Å². The molecule has 1 aliphatic heterocycles. The van der Waals surface area contributed by atoms with Gasteiger partial charge in [-0.15, -0.1) is 0 Å². The second kappa shape index (κ2) is 5.14. The highest BCUT2D eigenvalue weighted by Gasteiger charge is 2.66. The van der Waals surface area contributed by atoms with Crippen LogP contribution in [-0.2, 0) is 4.74 Å². The molecule has 0 bridgehead atoms. The van der Waals surface area contributed by atoms with Gasteiger partial charge in [-0.3, -0.25) is 0 Å². The molecule has 3 unspecified atom stereocenters. The zero-order valence-electron chi connectivity index (χ0n) is 12.1. The van der Waals surface area contributed by atoms with Crippen LogP contribution in [0.3, 0.4) is 0 Å². The molecule has 2 aliphatic carbocycles. The highest BCUT2D eigenvalue weighted by molar-refractivity contribution is 5.46. The standard InChI is InChI=1S/C16H22N2O3/c19-7-9-20-13-3-2-11(10-17-13)18-14-12-4-8-21-15(12)16(14)5-1-6-16/h2-3,10,12,14-15,18-19H,1,4-9H2. The molecule has 3 atom stereocenters. The summed E-state index contributed by atoms with van der Waals surface area (Å²) in [5, 5.41) is 12.4. The van der Waals surface area contributed by atoms with Gasteiger partial charge in [0.25, 0.3) is 0 Å². The smallest absolute Gasteiger partial charge is 0.213 e. The summed E-state index contributed by atoms with van der Waals surface area (Å²) in [5.41, 5.74) is 1.43. The van der Waals surface area contributed by atoms with Crippen LogP contribution in [0.4, 0.5) is 5.69 Å². The van der Waals surface area contributed by atoms with Gasteiger partial charge in [-0.25, -0.2) is 4.98 Å². The molecule has 3 fully saturated rings. The Hall–Kier alpha value is -1.33. The molecule has 2 heterocycles. The normalized spacial score (nSPS) is 32.1. The lowest BCUT2D eigenvalue weighted by Crippen LogP contribution is -2.68. The minimum absolute atomic E-state index is 0.00927. The monoisotopic (exact) mass is 290 g/mol. The zero-order valence-corrected chi connectivity index (χ0v) is 12.1. The Bertz CT molecular complexity index is 501. The van der Waals surface area contributed by atoms with E-state index in [1.807, 2.05) is 18.3 Å². The predicted molar refractivity (Wildman–Crippen MR) is 78.4 cm³/mol. The molecule has 21 heavy (non-hydrogen) atoms. The van der Waals surface area contributed by atoms with Crippen molar-refractivity contribution in [1.82, 2.24) is 4.98 Å². The highest BCUT2D eigenvalue weighted by Crippen LogP contribution is 2.63. The summed E-state index contributed by atoms with van der Waals surface area (Å²) in [7, 11) is 0. The van der Waals surface area contributed by atoms with Crippen molar-refractivity contribution in [3.05, 3.63) is 18.3 Å². The quantitative estimate of drug-likeness (QED) is 0.866. The molecule has 3 aliphatic rings. The van der Waals surface area contributed by atoms with Crippen LogP contribution < -0.4 is 10.1 Å².